The summed E-state index contributed by atoms with van der Waals surface area (Å²) in [6.45, 7) is 4.98. The minimum atomic E-state index is 0.307. The van der Waals surface area contributed by atoms with Crippen molar-refractivity contribution in [2.24, 2.45) is 0 Å². The molecule has 0 saturated carbocycles. The van der Waals surface area contributed by atoms with Gasteiger partial charge in [0.15, 0.2) is 5.13 Å². The van der Waals surface area contributed by atoms with Gasteiger partial charge in [0.1, 0.15) is 5.82 Å². The van der Waals surface area contributed by atoms with Crippen molar-refractivity contribution in [2.45, 2.75) is 26.1 Å². The van der Waals surface area contributed by atoms with Crippen molar-refractivity contribution >= 4 is 16.5 Å². The van der Waals surface area contributed by atoms with E-state index in [2.05, 4.69) is 32.1 Å². The summed E-state index contributed by atoms with van der Waals surface area (Å²) in [7, 11) is 1.96. The minimum absolute atomic E-state index is 0.307. The van der Waals surface area contributed by atoms with Crippen LogP contribution in [0, 0.1) is 0 Å². The van der Waals surface area contributed by atoms with Crippen LogP contribution in [0.4, 0.5) is 5.13 Å². The first kappa shape index (κ1) is 11.7. The Morgan fingerprint density at radius 1 is 1.44 bits per heavy atom. The maximum absolute atomic E-state index is 4.71. The van der Waals surface area contributed by atoms with Gasteiger partial charge >= 0.3 is 0 Å². The van der Waals surface area contributed by atoms with Gasteiger partial charge in [0.25, 0.3) is 0 Å². The van der Waals surface area contributed by atoms with Crippen LogP contribution >= 0.6 is 11.3 Å². The number of anilines is 1. The molecule has 0 radical (unpaired) electrons. The van der Waals surface area contributed by atoms with Gasteiger partial charge in [-0.1, -0.05) is 0 Å². The van der Waals surface area contributed by atoms with Crippen molar-refractivity contribution in [3.63, 3.8) is 0 Å². The molecule has 1 atom stereocenters. The predicted molar refractivity (Wildman–Crippen MR) is 72.9 cm³/mol. The highest BCUT2D eigenvalue weighted by Crippen LogP contribution is 2.26. The molecule has 5 nitrogen and oxygen atoms in total. The fourth-order valence-corrected chi connectivity index (χ4v) is 3.05. The number of aromatic nitrogens is 3. The first-order valence-corrected chi connectivity index (χ1v) is 7.03. The molecule has 0 bridgehead atoms. The summed E-state index contributed by atoms with van der Waals surface area (Å²) in [6, 6.07) is 0.307. The molecule has 2 aromatic rings. The fourth-order valence-electron chi connectivity index (χ4n) is 2.11. The highest BCUT2D eigenvalue weighted by atomic mass is 32.1. The molecule has 6 heteroatoms. The van der Waals surface area contributed by atoms with Crippen LogP contribution in [0.25, 0.3) is 0 Å². The lowest BCUT2D eigenvalue weighted by atomic mass is 10.3. The summed E-state index contributed by atoms with van der Waals surface area (Å²) in [5.74, 6) is 1.12. The Labute approximate surface area is 110 Å². The van der Waals surface area contributed by atoms with Crippen molar-refractivity contribution in [2.75, 3.05) is 18.5 Å². The Hall–Kier alpha value is -1.40. The molecule has 1 unspecified atom stereocenters. The monoisotopic (exact) mass is 263 g/mol. The summed E-state index contributed by atoms with van der Waals surface area (Å²) in [6.07, 6.45) is 3.91. The van der Waals surface area contributed by atoms with Gasteiger partial charge in [0, 0.05) is 36.9 Å². The number of hydrogen-bond donors (Lipinski definition) is 1. The molecule has 18 heavy (non-hydrogen) atoms. The van der Waals surface area contributed by atoms with Crippen LogP contribution in [0.3, 0.4) is 0 Å². The summed E-state index contributed by atoms with van der Waals surface area (Å²) < 4.78 is 2.21. The van der Waals surface area contributed by atoms with Crippen LogP contribution < -0.4 is 10.2 Å². The lowest BCUT2D eigenvalue weighted by molar-refractivity contribution is 0.557. The van der Waals surface area contributed by atoms with Gasteiger partial charge in [-0.3, -0.25) is 0 Å². The second-order valence-corrected chi connectivity index (χ2v) is 5.36. The van der Waals surface area contributed by atoms with Crippen molar-refractivity contribution in [1.29, 1.82) is 0 Å². The van der Waals surface area contributed by atoms with Crippen LogP contribution in [-0.4, -0.2) is 28.1 Å². The molecule has 0 amide bonds. The maximum atomic E-state index is 4.71. The number of imidazole rings is 1. The number of nitrogens with zero attached hydrogens (tertiary/aromatic N) is 4. The molecule has 3 heterocycles. The average molecular weight is 263 g/mol. The van der Waals surface area contributed by atoms with Gasteiger partial charge in [0.05, 0.1) is 12.2 Å². The van der Waals surface area contributed by atoms with Crippen molar-refractivity contribution in [1.82, 2.24) is 19.9 Å². The van der Waals surface area contributed by atoms with Crippen LogP contribution in [0.5, 0.6) is 0 Å². The van der Waals surface area contributed by atoms with Gasteiger partial charge < -0.3 is 14.8 Å². The number of hydrogen-bond acceptors (Lipinski definition) is 5. The van der Waals surface area contributed by atoms with E-state index in [4.69, 9.17) is 4.98 Å². The topological polar surface area (TPSA) is 46.0 Å². The highest BCUT2D eigenvalue weighted by molar-refractivity contribution is 7.13. The van der Waals surface area contributed by atoms with Crippen molar-refractivity contribution < 1.29 is 0 Å². The zero-order valence-electron chi connectivity index (χ0n) is 10.6. The molecule has 1 aliphatic heterocycles. The Morgan fingerprint density at radius 2 is 2.33 bits per heavy atom. The van der Waals surface area contributed by atoms with Gasteiger partial charge in [-0.05, 0) is 14.0 Å². The van der Waals surface area contributed by atoms with Gasteiger partial charge in [0.2, 0.25) is 0 Å². The first-order chi connectivity index (χ1) is 8.78. The van der Waals surface area contributed by atoms with E-state index >= 15 is 0 Å². The largest absolute Gasteiger partial charge is 0.339 e. The van der Waals surface area contributed by atoms with Crippen LogP contribution in [-0.2, 0) is 13.1 Å². The molecule has 0 spiro atoms. The molecule has 0 aliphatic carbocycles. The summed E-state index contributed by atoms with van der Waals surface area (Å²) >= 11 is 1.71. The second kappa shape index (κ2) is 4.70. The van der Waals surface area contributed by atoms with E-state index in [1.807, 2.05) is 19.4 Å². The molecule has 0 fully saturated rings. The highest BCUT2D eigenvalue weighted by Gasteiger charge is 2.20. The third-order valence-corrected chi connectivity index (χ3v) is 4.32. The first-order valence-electron chi connectivity index (χ1n) is 6.15. The van der Waals surface area contributed by atoms with Crippen LogP contribution in [0.2, 0.25) is 0 Å². The summed E-state index contributed by atoms with van der Waals surface area (Å²) in [5, 5.41) is 6.45. The Kier molecular flexibility index (Phi) is 3.05. The fraction of sp³-hybridized carbons (Fsp3) is 0.500. The molecule has 0 saturated heterocycles. The SMILES string of the molecule is CNC(C)c1csc(N2CCn3ccnc3C2)n1. The normalized spacial score (nSPS) is 16.7. The number of rotatable bonds is 3. The van der Waals surface area contributed by atoms with E-state index < -0.39 is 0 Å². The van der Waals surface area contributed by atoms with E-state index in [0.29, 0.717) is 6.04 Å². The smallest absolute Gasteiger partial charge is 0.186 e. The quantitative estimate of drug-likeness (QED) is 0.914. The van der Waals surface area contributed by atoms with Gasteiger partial charge in [-0.15, -0.1) is 11.3 Å². The van der Waals surface area contributed by atoms with Crippen molar-refractivity contribution in [3.8, 4) is 0 Å². The molecule has 0 aromatic carbocycles. The predicted octanol–water partition coefficient (Wildman–Crippen LogP) is 1.64. The summed E-state index contributed by atoms with van der Waals surface area (Å²) in [5.41, 5.74) is 1.12. The number of fused-ring (bicyclic) bond motifs is 1. The minimum Gasteiger partial charge on any atom is -0.339 e. The standard InChI is InChI=1S/C12H17N5S/c1-9(13-2)10-8-18-12(15-10)17-6-5-16-4-3-14-11(16)7-17/h3-4,8-9,13H,5-7H2,1-2H3. The van der Waals surface area contributed by atoms with E-state index in [1.165, 1.54) is 0 Å². The van der Waals surface area contributed by atoms with E-state index in [9.17, 15) is 0 Å². The number of nitrogens with one attached hydrogen (secondary N) is 1. The van der Waals surface area contributed by atoms with Gasteiger partial charge in [-0.25, -0.2) is 9.97 Å². The molecular weight excluding hydrogens is 246 g/mol. The molecule has 96 valence electrons. The average Bonchev–Trinajstić information content (AvgIpc) is 3.05. The van der Waals surface area contributed by atoms with Crippen LogP contribution in [0.15, 0.2) is 17.8 Å². The third kappa shape index (κ3) is 2.02. The van der Waals surface area contributed by atoms with E-state index in [0.717, 1.165) is 36.3 Å². The lowest BCUT2D eigenvalue weighted by Crippen LogP contribution is -2.33. The lowest BCUT2D eigenvalue weighted by Gasteiger charge is -2.27. The number of thiazole rings is 1. The molecule has 3 rings (SSSR count). The molecule has 2 aromatic heterocycles. The summed E-state index contributed by atoms with van der Waals surface area (Å²) in [4.78, 5) is 11.4. The van der Waals surface area contributed by atoms with E-state index in [1.54, 1.807) is 11.3 Å². The molecule has 1 N–H and O–H groups in total. The Balaban J connectivity index is 1.78. The van der Waals surface area contributed by atoms with Gasteiger partial charge in [-0.2, -0.15) is 0 Å². The molecular formula is C12H17N5S. The third-order valence-electron chi connectivity index (χ3n) is 3.40. The Morgan fingerprint density at radius 3 is 3.17 bits per heavy atom. The van der Waals surface area contributed by atoms with Crippen LogP contribution in [0.1, 0.15) is 24.5 Å². The van der Waals surface area contributed by atoms with E-state index in [-0.39, 0.29) is 0 Å². The Bertz CT molecular complexity index is 532. The zero-order chi connectivity index (χ0) is 12.5. The second-order valence-electron chi connectivity index (χ2n) is 4.52. The van der Waals surface area contributed by atoms with Crippen molar-refractivity contribution in [3.05, 3.63) is 29.3 Å². The zero-order valence-corrected chi connectivity index (χ0v) is 11.4. The maximum Gasteiger partial charge on any atom is 0.186 e. The molecule has 1 aliphatic rings.